The highest BCUT2D eigenvalue weighted by Crippen LogP contribution is 2.14. The number of furan rings is 1. The van der Waals surface area contributed by atoms with Gasteiger partial charge in [-0.3, -0.25) is 9.78 Å². The average Bonchev–Trinajstić information content (AvgIpc) is 2.65. The van der Waals surface area contributed by atoms with Crippen LogP contribution in [-0.2, 0) is 0 Å². The first kappa shape index (κ1) is 9.65. The maximum atomic E-state index is 11.9. The van der Waals surface area contributed by atoms with Crippen LogP contribution in [0.3, 0.4) is 0 Å². The third-order valence-corrected chi connectivity index (χ3v) is 2.25. The van der Waals surface area contributed by atoms with E-state index >= 15 is 0 Å². The number of rotatable bonds is 2. The number of pyridine rings is 1. The molecule has 0 radical (unpaired) electrons. The van der Waals surface area contributed by atoms with Crippen molar-refractivity contribution in [1.82, 2.24) is 4.98 Å². The van der Waals surface area contributed by atoms with Gasteiger partial charge in [-0.1, -0.05) is 0 Å². The lowest BCUT2D eigenvalue weighted by Crippen LogP contribution is -2.02. The molecule has 0 saturated carbocycles. The number of hydrogen-bond acceptors (Lipinski definition) is 3. The Hall–Kier alpha value is -1.90. The van der Waals surface area contributed by atoms with Crippen LogP contribution in [0.25, 0.3) is 0 Å². The molecule has 0 fully saturated rings. The van der Waals surface area contributed by atoms with Crippen molar-refractivity contribution in [3.63, 3.8) is 0 Å². The molecule has 2 rings (SSSR count). The minimum absolute atomic E-state index is 0.117. The molecule has 0 spiro atoms. The summed E-state index contributed by atoms with van der Waals surface area (Å²) < 4.78 is 5.28. The minimum atomic E-state index is -0.117. The third kappa shape index (κ3) is 1.81. The lowest BCUT2D eigenvalue weighted by atomic mass is 10.1. The van der Waals surface area contributed by atoms with E-state index in [1.165, 1.54) is 0 Å². The smallest absolute Gasteiger partial charge is 0.229 e. The molecular weight excluding hydrogens is 190 g/mol. The van der Waals surface area contributed by atoms with Crippen molar-refractivity contribution < 1.29 is 9.21 Å². The van der Waals surface area contributed by atoms with Crippen molar-refractivity contribution in [2.45, 2.75) is 13.8 Å². The average molecular weight is 201 g/mol. The number of hydrogen-bond donors (Lipinski definition) is 0. The van der Waals surface area contributed by atoms with Gasteiger partial charge in [-0.05, 0) is 37.6 Å². The number of ketones is 1. The zero-order valence-electron chi connectivity index (χ0n) is 8.65. The molecule has 0 aliphatic rings. The number of carbonyl (C=O) groups excluding carboxylic acids is 1. The fourth-order valence-corrected chi connectivity index (χ4v) is 1.39. The van der Waals surface area contributed by atoms with Crippen LogP contribution in [0.2, 0.25) is 0 Å². The van der Waals surface area contributed by atoms with Crippen LogP contribution in [-0.4, -0.2) is 10.8 Å². The molecule has 3 nitrogen and oxygen atoms in total. The van der Waals surface area contributed by atoms with Gasteiger partial charge >= 0.3 is 0 Å². The van der Waals surface area contributed by atoms with Gasteiger partial charge < -0.3 is 4.42 Å². The summed E-state index contributed by atoms with van der Waals surface area (Å²) in [5.74, 6) is 0.984. The molecule has 15 heavy (non-hydrogen) atoms. The van der Waals surface area contributed by atoms with E-state index in [9.17, 15) is 4.79 Å². The van der Waals surface area contributed by atoms with Gasteiger partial charge in [-0.2, -0.15) is 0 Å². The molecule has 0 saturated heterocycles. The molecule has 0 amide bonds. The van der Waals surface area contributed by atoms with Crippen LogP contribution in [0.4, 0.5) is 0 Å². The van der Waals surface area contributed by atoms with Crippen LogP contribution in [0.1, 0.15) is 27.4 Å². The number of aromatic nitrogens is 1. The second-order valence-electron chi connectivity index (χ2n) is 3.43. The number of aryl methyl sites for hydroxylation is 2. The highest BCUT2D eigenvalue weighted by Gasteiger charge is 2.14. The highest BCUT2D eigenvalue weighted by atomic mass is 16.3. The molecule has 2 heterocycles. The SMILES string of the molecule is Cc1ccc(C(=O)c2cnccc2C)o1. The summed E-state index contributed by atoms with van der Waals surface area (Å²) >= 11 is 0. The van der Waals surface area contributed by atoms with Gasteiger partial charge in [0.25, 0.3) is 0 Å². The summed E-state index contributed by atoms with van der Waals surface area (Å²) in [7, 11) is 0. The van der Waals surface area contributed by atoms with E-state index in [4.69, 9.17) is 4.42 Å². The molecule has 2 aromatic heterocycles. The third-order valence-electron chi connectivity index (χ3n) is 2.25. The fourth-order valence-electron chi connectivity index (χ4n) is 1.39. The molecule has 3 heteroatoms. The van der Waals surface area contributed by atoms with E-state index in [1.54, 1.807) is 24.5 Å². The summed E-state index contributed by atoms with van der Waals surface area (Å²) in [4.78, 5) is 15.9. The van der Waals surface area contributed by atoms with Gasteiger partial charge in [-0.15, -0.1) is 0 Å². The molecule has 76 valence electrons. The second kappa shape index (κ2) is 3.69. The second-order valence-corrected chi connectivity index (χ2v) is 3.43. The number of nitrogens with zero attached hydrogens (tertiary/aromatic N) is 1. The Morgan fingerprint density at radius 3 is 2.67 bits per heavy atom. The molecule has 0 N–H and O–H groups in total. The lowest BCUT2D eigenvalue weighted by Gasteiger charge is -2.00. The largest absolute Gasteiger partial charge is 0.458 e. The van der Waals surface area contributed by atoms with Crippen molar-refractivity contribution in [2.75, 3.05) is 0 Å². The van der Waals surface area contributed by atoms with E-state index in [1.807, 2.05) is 19.9 Å². The van der Waals surface area contributed by atoms with Crippen molar-refractivity contribution in [1.29, 1.82) is 0 Å². The molecular formula is C12H11NO2. The molecule has 0 unspecified atom stereocenters. The van der Waals surface area contributed by atoms with Crippen molar-refractivity contribution in [3.05, 3.63) is 53.2 Å². The predicted molar refractivity (Wildman–Crippen MR) is 55.9 cm³/mol. The summed E-state index contributed by atoms with van der Waals surface area (Å²) in [6.45, 7) is 3.69. The van der Waals surface area contributed by atoms with Gasteiger partial charge in [-0.25, -0.2) is 0 Å². The summed E-state index contributed by atoms with van der Waals surface area (Å²) in [5, 5.41) is 0. The number of carbonyl (C=O) groups is 1. The molecule has 0 bridgehead atoms. The van der Waals surface area contributed by atoms with E-state index in [0.29, 0.717) is 11.3 Å². The summed E-state index contributed by atoms with van der Waals surface area (Å²) in [6, 6.07) is 5.27. The highest BCUT2D eigenvalue weighted by molar-refractivity contribution is 6.07. The molecule has 2 aromatic rings. The van der Waals surface area contributed by atoms with Crippen LogP contribution in [0.15, 0.2) is 35.0 Å². The fraction of sp³-hybridized carbons (Fsp3) is 0.167. The molecule has 0 aliphatic heterocycles. The van der Waals surface area contributed by atoms with Crippen LogP contribution >= 0.6 is 0 Å². The molecule has 0 aromatic carbocycles. The quantitative estimate of drug-likeness (QED) is 0.701. The van der Waals surface area contributed by atoms with Crippen molar-refractivity contribution >= 4 is 5.78 Å². The zero-order valence-corrected chi connectivity index (χ0v) is 8.65. The summed E-state index contributed by atoms with van der Waals surface area (Å²) in [6.07, 6.45) is 3.23. The van der Waals surface area contributed by atoms with Gasteiger partial charge in [0.2, 0.25) is 5.78 Å². The first-order valence-corrected chi connectivity index (χ1v) is 4.70. The van der Waals surface area contributed by atoms with E-state index < -0.39 is 0 Å². The minimum Gasteiger partial charge on any atom is -0.458 e. The van der Waals surface area contributed by atoms with Crippen LogP contribution in [0, 0.1) is 13.8 Å². The first-order valence-electron chi connectivity index (χ1n) is 4.70. The Bertz CT molecular complexity index is 500. The molecule has 0 aliphatic carbocycles. The van der Waals surface area contributed by atoms with E-state index in [-0.39, 0.29) is 5.78 Å². The standard InChI is InChI=1S/C12H11NO2/c1-8-5-6-13-7-10(8)12(14)11-4-3-9(2)15-11/h3-7H,1-2H3. The normalized spacial score (nSPS) is 10.3. The van der Waals surface area contributed by atoms with Gasteiger partial charge in [0.15, 0.2) is 5.76 Å². The Balaban J connectivity index is 2.41. The maximum absolute atomic E-state index is 11.9. The Morgan fingerprint density at radius 2 is 2.07 bits per heavy atom. The molecule has 0 atom stereocenters. The predicted octanol–water partition coefficient (Wildman–Crippen LogP) is 2.52. The topological polar surface area (TPSA) is 43.1 Å². The van der Waals surface area contributed by atoms with E-state index in [2.05, 4.69) is 4.98 Å². The van der Waals surface area contributed by atoms with Crippen molar-refractivity contribution in [2.24, 2.45) is 0 Å². The van der Waals surface area contributed by atoms with Gasteiger partial charge in [0.05, 0.1) is 0 Å². The first-order chi connectivity index (χ1) is 7.18. The Kier molecular flexibility index (Phi) is 2.37. The Morgan fingerprint density at radius 1 is 1.27 bits per heavy atom. The van der Waals surface area contributed by atoms with Gasteiger partial charge in [0, 0.05) is 18.0 Å². The summed E-state index contributed by atoms with van der Waals surface area (Å²) in [5.41, 5.74) is 1.50. The van der Waals surface area contributed by atoms with Crippen LogP contribution in [0.5, 0.6) is 0 Å². The lowest BCUT2D eigenvalue weighted by molar-refractivity contribution is 0.101. The van der Waals surface area contributed by atoms with Crippen molar-refractivity contribution in [3.8, 4) is 0 Å². The maximum Gasteiger partial charge on any atom is 0.229 e. The van der Waals surface area contributed by atoms with Crippen LogP contribution < -0.4 is 0 Å². The monoisotopic (exact) mass is 201 g/mol. The zero-order chi connectivity index (χ0) is 10.8. The van der Waals surface area contributed by atoms with Gasteiger partial charge in [0.1, 0.15) is 5.76 Å². The Labute approximate surface area is 87.8 Å². The van der Waals surface area contributed by atoms with E-state index in [0.717, 1.165) is 11.3 Å².